The van der Waals surface area contributed by atoms with Crippen molar-refractivity contribution in [3.8, 4) is 0 Å². The fraction of sp³-hybridized carbons (Fsp3) is 0.182. The molecule has 0 saturated heterocycles. The van der Waals surface area contributed by atoms with E-state index in [9.17, 15) is 24.5 Å². The average molecular weight is 468 g/mol. The summed E-state index contributed by atoms with van der Waals surface area (Å²) < 4.78 is 7.33. The van der Waals surface area contributed by atoms with E-state index >= 15 is 0 Å². The summed E-state index contributed by atoms with van der Waals surface area (Å²) in [6, 6.07) is 10.9. The van der Waals surface area contributed by atoms with E-state index in [2.05, 4.69) is 10.3 Å². The van der Waals surface area contributed by atoms with Gasteiger partial charge < -0.3 is 14.6 Å². The third-order valence-corrected chi connectivity index (χ3v) is 5.36. The Morgan fingerprint density at radius 2 is 1.94 bits per heavy atom. The molecule has 0 aliphatic carbocycles. The molecule has 0 bridgehead atoms. The maximum atomic E-state index is 12.5. The molecule has 2 amide bonds. The Morgan fingerprint density at radius 3 is 2.58 bits per heavy atom. The fourth-order valence-electron chi connectivity index (χ4n) is 2.93. The number of esters is 1. The number of carbonyl (C=O) groups is 3. The molecule has 3 aromatic rings. The Kier molecular flexibility index (Phi) is 7.46. The van der Waals surface area contributed by atoms with E-state index < -0.39 is 16.8 Å². The number of hydrogen-bond donors (Lipinski definition) is 1. The highest BCUT2D eigenvalue weighted by Gasteiger charge is 2.13. The van der Waals surface area contributed by atoms with Gasteiger partial charge >= 0.3 is 5.97 Å². The standard InChI is InChI=1S/C22H20N4O6S/c1-3-32-21(29)13-25-18-10-7-16(23-14(2)27)12-19(18)33-22(25)24-20(28)11-6-15-4-8-17(9-5-15)26(30)31/h4-12H,3,13H2,1-2H3,(H,23,27). The minimum absolute atomic E-state index is 0.0490. The van der Waals surface area contributed by atoms with Gasteiger partial charge in [-0.1, -0.05) is 11.3 Å². The van der Waals surface area contributed by atoms with E-state index in [1.165, 1.54) is 54.7 Å². The summed E-state index contributed by atoms with van der Waals surface area (Å²) in [7, 11) is 0. The zero-order valence-electron chi connectivity index (χ0n) is 17.8. The number of ether oxygens (including phenoxy) is 1. The molecule has 0 atom stereocenters. The first kappa shape index (κ1) is 23.5. The summed E-state index contributed by atoms with van der Waals surface area (Å²) in [5, 5.41) is 13.4. The molecule has 170 valence electrons. The fourth-order valence-corrected chi connectivity index (χ4v) is 4.01. The van der Waals surface area contributed by atoms with Gasteiger partial charge in [-0.15, -0.1) is 0 Å². The number of nitro groups is 1. The number of benzene rings is 2. The second kappa shape index (κ2) is 10.5. The van der Waals surface area contributed by atoms with Crippen LogP contribution in [0.2, 0.25) is 0 Å². The lowest BCUT2D eigenvalue weighted by Gasteiger charge is -2.06. The molecule has 1 N–H and O–H groups in total. The van der Waals surface area contributed by atoms with E-state index in [0.29, 0.717) is 16.8 Å². The van der Waals surface area contributed by atoms with Crippen LogP contribution in [0.4, 0.5) is 11.4 Å². The van der Waals surface area contributed by atoms with Gasteiger partial charge in [0.05, 0.1) is 21.7 Å². The van der Waals surface area contributed by atoms with Crippen molar-refractivity contribution >= 4 is 56.8 Å². The number of hydrogen-bond acceptors (Lipinski definition) is 7. The zero-order valence-corrected chi connectivity index (χ0v) is 18.6. The van der Waals surface area contributed by atoms with Crippen LogP contribution in [0.25, 0.3) is 16.3 Å². The minimum atomic E-state index is -0.570. The molecule has 11 heteroatoms. The number of carbonyl (C=O) groups excluding carboxylic acids is 3. The predicted molar refractivity (Wildman–Crippen MR) is 123 cm³/mol. The number of amides is 2. The number of nitro benzene ring substituents is 1. The van der Waals surface area contributed by atoms with Crippen molar-refractivity contribution in [2.45, 2.75) is 20.4 Å². The van der Waals surface area contributed by atoms with Crippen molar-refractivity contribution in [1.82, 2.24) is 4.57 Å². The largest absolute Gasteiger partial charge is 0.465 e. The second-order valence-electron chi connectivity index (χ2n) is 6.77. The number of thiazole rings is 1. The molecule has 0 radical (unpaired) electrons. The van der Waals surface area contributed by atoms with Gasteiger partial charge in [-0.2, -0.15) is 4.99 Å². The molecule has 0 saturated carbocycles. The molecule has 0 aliphatic rings. The summed E-state index contributed by atoms with van der Waals surface area (Å²) in [6.45, 7) is 3.19. The van der Waals surface area contributed by atoms with Crippen molar-refractivity contribution in [2.75, 3.05) is 11.9 Å². The number of nitrogens with zero attached hydrogens (tertiary/aromatic N) is 3. The molecule has 10 nitrogen and oxygen atoms in total. The Bertz CT molecular complexity index is 1320. The van der Waals surface area contributed by atoms with E-state index in [0.717, 1.165) is 4.70 Å². The second-order valence-corrected chi connectivity index (χ2v) is 7.78. The highest BCUT2D eigenvalue weighted by atomic mass is 32.1. The van der Waals surface area contributed by atoms with Gasteiger partial charge in [-0.3, -0.25) is 24.5 Å². The van der Waals surface area contributed by atoms with E-state index in [4.69, 9.17) is 4.74 Å². The van der Waals surface area contributed by atoms with Crippen molar-refractivity contribution < 1.29 is 24.0 Å². The van der Waals surface area contributed by atoms with Crippen molar-refractivity contribution in [2.24, 2.45) is 4.99 Å². The highest BCUT2D eigenvalue weighted by Crippen LogP contribution is 2.22. The molecule has 2 aromatic carbocycles. The summed E-state index contributed by atoms with van der Waals surface area (Å²) in [4.78, 5) is 50.6. The molecule has 1 heterocycles. The summed E-state index contributed by atoms with van der Waals surface area (Å²) in [5.74, 6) is -1.26. The molecule has 0 spiro atoms. The van der Waals surface area contributed by atoms with Gasteiger partial charge in [-0.25, -0.2) is 0 Å². The van der Waals surface area contributed by atoms with Crippen LogP contribution in [-0.4, -0.2) is 33.9 Å². The monoisotopic (exact) mass is 468 g/mol. The van der Waals surface area contributed by atoms with Crippen molar-refractivity contribution in [3.05, 3.63) is 69.0 Å². The third kappa shape index (κ3) is 6.20. The lowest BCUT2D eigenvalue weighted by Crippen LogP contribution is -2.22. The summed E-state index contributed by atoms with van der Waals surface area (Å²) >= 11 is 1.19. The lowest BCUT2D eigenvalue weighted by molar-refractivity contribution is -0.384. The topological polar surface area (TPSA) is 133 Å². The number of rotatable bonds is 7. The molecule has 33 heavy (non-hydrogen) atoms. The molecule has 3 rings (SSSR count). The van der Waals surface area contributed by atoms with Crippen LogP contribution >= 0.6 is 11.3 Å². The SMILES string of the molecule is CCOC(=O)Cn1c(=NC(=O)C=Cc2ccc([N+](=O)[O-])cc2)sc2cc(NC(C)=O)ccc21. The average Bonchev–Trinajstić information content (AvgIpc) is 3.08. The van der Waals surface area contributed by atoms with E-state index in [1.54, 1.807) is 29.7 Å². The maximum Gasteiger partial charge on any atom is 0.326 e. The minimum Gasteiger partial charge on any atom is -0.465 e. The molecule has 0 unspecified atom stereocenters. The Morgan fingerprint density at radius 1 is 1.21 bits per heavy atom. The molecular weight excluding hydrogens is 448 g/mol. The Labute approximate surface area is 192 Å². The van der Waals surface area contributed by atoms with Crippen LogP contribution in [0.15, 0.2) is 53.5 Å². The normalized spacial score (nSPS) is 11.6. The van der Waals surface area contributed by atoms with Crippen LogP contribution in [-0.2, 0) is 25.7 Å². The zero-order chi connectivity index (χ0) is 24.0. The van der Waals surface area contributed by atoms with Gasteiger partial charge in [0.1, 0.15) is 6.54 Å². The first-order chi connectivity index (χ1) is 15.8. The van der Waals surface area contributed by atoms with Crippen LogP contribution in [0, 0.1) is 10.1 Å². The quantitative estimate of drug-likeness (QED) is 0.245. The smallest absolute Gasteiger partial charge is 0.326 e. The van der Waals surface area contributed by atoms with Crippen LogP contribution < -0.4 is 10.1 Å². The van der Waals surface area contributed by atoms with E-state index in [1.807, 2.05) is 0 Å². The molecule has 0 aliphatic heterocycles. The summed E-state index contributed by atoms with van der Waals surface area (Å²) in [6.07, 6.45) is 2.73. The van der Waals surface area contributed by atoms with Crippen LogP contribution in [0.3, 0.4) is 0 Å². The van der Waals surface area contributed by atoms with Crippen LogP contribution in [0.5, 0.6) is 0 Å². The predicted octanol–water partition coefficient (Wildman–Crippen LogP) is 3.27. The Hall–Kier alpha value is -4.12. The first-order valence-corrected chi connectivity index (χ1v) is 10.7. The molecule has 0 fully saturated rings. The lowest BCUT2D eigenvalue weighted by atomic mass is 10.2. The first-order valence-electron chi connectivity index (χ1n) is 9.84. The van der Waals surface area contributed by atoms with Gasteiger partial charge in [0.15, 0.2) is 4.80 Å². The van der Waals surface area contributed by atoms with Gasteiger partial charge in [0, 0.05) is 30.8 Å². The van der Waals surface area contributed by atoms with Crippen molar-refractivity contribution in [1.29, 1.82) is 0 Å². The number of aromatic nitrogens is 1. The Balaban J connectivity index is 1.95. The van der Waals surface area contributed by atoms with Crippen molar-refractivity contribution in [3.63, 3.8) is 0 Å². The molecular formula is C22H20N4O6S. The summed E-state index contributed by atoms with van der Waals surface area (Å²) in [5.41, 5.74) is 1.79. The van der Waals surface area contributed by atoms with Gasteiger partial charge in [-0.05, 0) is 48.9 Å². The third-order valence-electron chi connectivity index (χ3n) is 4.32. The molecule has 1 aromatic heterocycles. The number of anilines is 1. The van der Waals surface area contributed by atoms with Crippen LogP contribution in [0.1, 0.15) is 19.4 Å². The van der Waals surface area contributed by atoms with Gasteiger partial charge in [0.25, 0.3) is 11.6 Å². The maximum absolute atomic E-state index is 12.5. The number of non-ortho nitro benzene ring substituents is 1. The van der Waals surface area contributed by atoms with E-state index in [-0.39, 0.29) is 29.5 Å². The number of fused-ring (bicyclic) bond motifs is 1. The highest BCUT2D eigenvalue weighted by molar-refractivity contribution is 7.16. The number of nitrogens with one attached hydrogen (secondary N) is 1. The van der Waals surface area contributed by atoms with Gasteiger partial charge in [0.2, 0.25) is 5.91 Å².